The standard InChI is InChI=1S/C9H14N2O3S/c1-11(15(10,12)13)7-8-14-9-5-3-2-4-6-9/h2-6H,7-8H2,1H3,(H2,10,12,13). The van der Waals surface area contributed by atoms with Crippen LogP contribution >= 0.6 is 0 Å². The molecule has 84 valence electrons. The van der Waals surface area contributed by atoms with Gasteiger partial charge in [-0.05, 0) is 12.1 Å². The predicted octanol–water partition coefficient (Wildman–Crippen LogP) is 0.201. The van der Waals surface area contributed by atoms with E-state index in [0.717, 1.165) is 4.31 Å². The van der Waals surface area contributed by atoms with Crippen LogP contribution in [-0.2, 0) is 10.2 Å². The van der Waals surface area contributed by atoms with E-state index < -0.39 is 10.2 Å². The number of benzene rings is 1. The Morgan fingerprint density at radius 2 is 1.93 bits per heavy atom. The number of hydrogen-bond acceptors (Lipinski definition) is 3. The van der Waals surface area contributed by atoms with Crippen LogP contribution in [0.1, 0.15) is 0 Å². The summed E-state index contributed by atoms with van der Waals surface area (Å²) >= 11 is 0. The van der Waals surface area contributed by atoms with Crippen LogP contribution in [0.4, 0.5) is 0 Å². The first-order valence-corrected chi connectivity index (χ1v) is 5.92. The van der Waals surface area contributed by atoms with E-state index >= 15 is 0 Å². The quantitative estimate of drug-likeness (QED) is 0.785. The van der Waals surface area contributed by atoms with Crippen LogP contribution in [0, 0.1) is 0 Å². The average molecular weight is 230 g/mol. The second-order valence-corrected chi connectivity index (χ2v) is 4.68. The molecule has 0 heterocycles. The number of hydrogen-bond donors (Lipinski definition) is 1. The van der Waals surface area contributed by atoms with Gasteiger partial charge in [0.2, 0.25) is 0 Å². The van der Waals surface area contributed by atoms with Gasteiger partial charge in [0.25, 0.3) is 10.2 Å². The fourth-order valence-corrected chi connectivity index (χ4v) is 1.27. The topological polar surface area (TPSA) is 72.6 Å². The SMILES string of the molecule is CN(CCOc1ccccc1)S(N)(=O)=O. The molecule has 0 fully saturated rings. The number of likely N-dealkylation sites (N-methyl/N-ethyl adjacent to an activating group) is 1. The molecule has 2 N–H and O–H groups in total. The highest BCUT2D eigenvalue weighted by Crippen LogP contribution is 2.07. The Bertz CT molecular complexity index is 391. The molecule has 0 aliphatic heterocycles. The summed E-state index contributed by atoms with van der Waals surface area (Å²) in [5.74, 6) is 0.709. The van der Waals surface area contributed by atoms with E-state index in [1.807, 2.05) is 18.2 Å². The second-order valence-electron chi connectivity index (χ2n) is 3.03. The number of nitrogens with two attached hydrogens (primary N) is 1. The van der Waals surface area contributed by atoms with E-state index in [-0.39, 0.29) is 13.2 Å². The zero-order valence-corrected chi connectivity index (χ0v) is 9.28. The van der Waals surface area contributed by atoms with E-state index in [2.05, 4.69) is 0 Å². The normalized spacial score (nSPS) is 11.7. The summed E-state index contributed by atoms with van der Waals surface area (Å²) in [5, 5.41) is 4.90. The number of nitrogens with zero attached hydrogens (tertiary/aromatic N) is 1. The highest BCUT2D eigenvalue weighted by Gasteiger charge is 2.10. The summed E-state index contributed by atoms with van der Waals surface area (Å²) < 4.78 is 28.0. The van der Waals surface area contributed by atoms with Gasteiger partial charge in [0.15, 0.2) is 0 Å². The van der Waals surface area contributed by atoms with Gasteiger partial charge in [-0.25, -0.2) is 5.14 Å². The van der Waals surface area contributed by atoms with Gasteiger partial charge in [-0.2, -0.15) is 12.7 Å². The average Bonchev–Trinajstić information content (AvgIpc) is 2.18. The fourth-order valence-electron chi connectivity index (χ4n) is 0.936. The van der Waals surface area contributed by atoms with Crippen LogP contribution in [0.15, 0.2) is 30.3 Å². The lowest BCUT2D eigenvalue weighted by Crippen LogP contribution is -2.36. The Balaban J connectivity index is 2.35. The van der Waals surface area contributed by atoms with E-state index in [1.54, 1.807) is 12.1 Å². The van der Waals surface area contributed by atoms with Crippen molar-refractivity contribution in [3.63, 3.8) is 0 Å². The highest BCUT2D eigenvalue weighted by molar-refractivity contribution is 7.86. The lowest BCUT2D eigenvalue weighted by molar-refractivity contribution is 0.287. The van der Waals surface area contributed by atoms with Crippen molar-refractivity contribution in [3.05, 3.63) is 30.3 Å². The first kappa shape index (κ1) is 12.0. The number of para-hydroxylation sites is 1. The molecule has 5 nitrogen and oxygen atoms in total. The molecule has 0 saturated heterocycles. The van der Waals surface area contributed by atoms with Crippen LogP contribution in [0.2, 0.25) is 0 Å². The maximum atomic E-state index is 10.8. The summed E-state index contributed by atoms with van der Waals surface area (Å²) in [6.45, 7) is 0.505. The van der Waals surface area contributed by atoms with Crippen molar-refractivity contribution in [2.75, 3.05) is 20.2 Å². The minimum Gasteiger partial charge on any atom is -0.492 e. The fraction of sp³-hybridized carbons (Fsp3) is 0.333. The van der Waals surface area contributed by atoms with E-state index in [1.165, 1.54) is 7.05 Å². The van der Waals surface area contributed by atoms with Gasteiger partial charge in [-0.15, -0.1) is 0 Å². The lowest BCUT2D eigenvalue weighted by Gasteiger charge is -2.13. The maximum Gasteiger partial charge on any atom is 0.276 e. The predicted molar refractivity (Wildman–Crippen MR) is 57.7 cm³/mol. The van der Waals surface area contributed by atoms with E-state index in [9.17, 15) is 8.42 Å². The van der Waals surface area contributed by atoms with Crippen LogP contribution in [0.5, 0.6) is 5.75 Å². The molecule has 0 aliphatic carbocycles. The zero-order chi connectivity index (χ0) is 11.3. The molecule has 1 aromatic rings. The number of ether oxygens (including phenoxy) is 1. The third kappa shape index (κ3) is 4.28. The molecular formula is C9H14N2O3S. The van der Waals surface area contributed by atoms with Gasteiger partial charge >= 0.3 is 0 Å². The van der Waals surface area contributed by atoms with Gasteiger partial charge in [0.1, 0.15) is 12.4 Å². The molecule has 0 unspecified atom stereocenters. The van der Waals surface area contributed by atoms with Gasteiger partial charge in [-0.3, -0.25) is 0 Å². The summed E-state index contributed by atoms with van der Waals surface area (Å²) in [7, 11) is -2.20. The van der Waals surface area contributed by atoms with Crippen molar-refractivity contribution in [1.82, 2.24) is 4.31 Å². The molecule has 0 atom stereocenters. The molecule has 0 aliphatic rings. The molecule has 1 aromatic carbocycles. The van der Waals surface area contributed by atoms with Crippen molar-refractivity contribution in [2.24, 2.45) is 5.14 Å². The van der Waals surface area contributed by atoms with Crippen LogP contribution in [0.3, 0.4) is 0 Å². The third-order valence-corrected chi connectivity index (χ3v) is 2.90. The smallest absolute Gasteiger partial charge is 0.276 e. The Morgan fingerprint density at radius 3 is 2.47 bits per heavy atom. The summed E-state index contributed by atoms with van der Waals surface area (Å²) in [6.07, 6.45) is 0. The maximum absolute atomic E-state index is 10.8. The molecule has 1 rings (SSSR count). The van der Waals surface area contributed by atoms with Crippen LogP contribution < -0.4 is 9.88 Å². The molecule has 0 radical (unpaired) electrons. The van der Waals surface area contributed by atoms with Gasteiger partial charge in [0, 0.05) is 13.6 Å². The van der Waals surface area contributed by atoms with Crippen molar-refractivity contribution >= 4 is 10.2 Å². The zero-order valence-electron chi connectivity index (χ0n) is 8.46. The Morgan fingerprint density at radius 1 is 1.33 bits per heavy atom. The second kappa shape index (κ2) is 5.11. The van der Waals surface area contributed by atoms with Crippen LogP contribution in [-0.4, -0.2) is 32.9 Å². The molecule has 0 aromatic heterocycles. The Kier molecular flexibility index (Phi) is 4.07. The summed E-state index contributed by atoms with van der Waals surface area (Å²) in [5.41, 5.74) is 0. The minimum absolute atomic E-state index is 0.230. The molecule has 0 bridgehead atoms. The first-order chi connectivity index (χ1) is 7.00. The van der Waals surface area contributed by atoms with Gasteiger partial charge < -0.3 is 4.74 Å². The molecular weight excluding hydrogens is 216 g/mol. The monoisotopic (exact) mass is 230 g/mol. The molecule has 0 amide bonds. The Hall–Kier alpha value is -1.11. The minimum atomic E-state index is -3.60. The third-order valence-electron chi connectivity index (χ3n) is 1.85. The van der Waals surface area contributed by atoms with E-state index in [4.69, 9.17) is 9.88 Å². The first-order valence-electron chi connectivity index (χ1n) is 4.42. The summed E-state index contributed by atoms with van der Waals surface area (Å²) in [4.78, 5) is 0. The Labute approximate surface area is 89.6 Å². The van der Waals surface area contributed by atoms with Crippen molar-refractivity contribution in [2.45, 2.75) is 0 Å². The highest BCUT2D eigenvalue weighted by atomic mass is 32.2. The van der Waals surface area contributed by atoms with Gasteiger partial charge in [-0.1, -0.05) is 18.2 Å². The van der Waals surface area contributed by atoms with Crippen molar-refractivity contribution < 1.29 is 13.2 Å². The molecule has 0 spiro atoms. The van der Waals surface area contributed by atoms with Crippen molar-refractivity contribution in [1.29, 1.82) is 0 Å². The summed E-state index contributed by atoms with van der Waals surface area (Å²) in [6, 6.07) is 9.18. The van der Waals surface area contributed by atoms with Crippen LogP contribution in [0.25, 0.3) is 0 Å². The van der Waals surface area contributed by atoms with Gasteiger partial charge in [0.05, 0.1) is 0 Å². The van der Waals surface area contributed by atoms with Crippen molar-refractivity contribution in [3.8, 4) is 5.75 Å². The molecule has 6 heteroatoms. The molecule has 15 heavy (non-hydrogen) atoms. The van der Waals surface area contributed by atoms with E-state index in [0.29, 0.717) is 5.75 Å². The number of rotatable bonds is 5. The largest absolute Gasteiger partial charge is 0.492 e. The lowest BCUT2D eigenvalue weighted by atomic mass is 10.3. The molecule has 0 saturated carbocycles.